The molecule has 200 valence electrons. The maximum Gasteiger partial charge on any atom is 0.197 e. The molecule has 0 radical (unpaired) electrons. The predicted molar refractivity (Wildman–Crippen MR) is 167 cm³/mol. The van der Waals surface area contributed by atoms with E-state index >= 15 is 0 Å². The van der Waals surface area contributed by atoms with Crippen LogP contribution >= 0.6 is 11.3 Å². The van der Waals surface area contributed by atoms with Gasteiger partial charge in [0.25, 0.3) is 0 Å². The van der Waals surface area contributed by atoms with Crippen LogP contribution in [0.5, 0.6) is 0 Å². The van der Waals surface area contributed by atoms with Crippen molar-refractivity contribution in [2.45, 2.75) is 33.1 Å². The molecule has 41 heavy (non-hydrogen) atoms. The SMILES string of the molecule is Cc1ccc(N(c2ccc(C)cc2)c2ccc3c(n2)C(C)(C)c2cc(C=C4C(=O)c5ccccc5C4=O)sc2-3)cc1. The number of thiophene rings is 1. The van der Waals surface area contributed by atoms with E-state index in [1.807, 2.05) is 0 Å². The van der Waals surface area contributed by atoms with E-state index in [-0.39, 0.29) is 22.6 Å². The van der Waals surface area contributed by atoms with Crippen LogP contribution in [0.25, 0.3) is 16.5 Å². The molecule has 0 N–H and O–H groups in total. The second-order valence-corrected chi connectivity index (χ2v) is 12.4. The van der Waals surface area contributed by atoms with E-state index in [1.54, 1.807) is 41.7 Å². The number of hydrogen-bond donors (Lipinski definition) is 0. The van der Waals surface area contributed by atoms with Crippen LogP contribution in [0.3, 0.4) is 0 Å². The van der Waals surface area contributed by atoms with E-state index < -0.39 is 0 Å². The minimum Gasteiger partial charge on any atom is -0.295 e. The molecule has 0 amide bonds. The normalized spacial score (nSPS) is 14.6. The Bertz CT molecular complexity index is 1830. The average molecular weight is 553 g/mol. The van der Waals surface area contributed by atoms with Gasteiger partial charge in [-0.1, -0.05) is 73.5 Å². The van der Waals surface area contributed by atoms with Crippen molar-refractivity contribution >= 4 is 46.2 Å². The number of hydrogen-bond acceptors (Lipinski definition) is 5. The Morgan fingerprint density at radius 2 is 1.29 bits per heavy atom. The number of Topliss-reactive ketones (excluding diaryl/α,β-unsaturated/α-hetero) is 2. The number of pyridine rings is 1. The highest BCUT2D eigenvalue weighted by Gasteiger charge is 2.40. The molecule has 7 rings (SSSR count). The first kappa shape index (κ1) is 25.4. The summed E-state index contributed by atoms with van der Waals surface area (Å²) in [7, 11) is 0. The Kier molecular flexibility index (Phi) is 5.70. The van der Waals surface area contributed by atoms with Crippen LogP contribution < -0.4 is 4.90 Å². The highest BCUT2D eigenvalue weighted by molar-refractivity contribution is 7.16. The highest BCUT2D eigenvalue weighted by atomic mass is 32.1. The van der Waals surface area contributed by atoms with Gasteiger partial charge in [-0.2, -0.15) is 0 Å². The third kappa shape index (κ3) is 3.99. The van der Waals surface area contributed by atoms with Crippen LogP contribution in [0.2, 0.25) is 0 Å². The van der Waals surface area contributed by atoms with Crippen molar-refractivity contribution in [3.63, 3.8) is 0 Å². The summed E-state index contributed by atoms with van der Waals surface area (Å²) < 4.78 is 0. The van der Waals surface area contributed by atoms with Crippen molar-refractivity contribution < 1.29 is 9.59 Å². The summed E-state index contributed by atoms with van der Waals surface area (Å²) in [5.74, 6) is 0.469. The van der Waals surface area contributed by atoms with Crippen LogP contribution in [-0.4, -0.2) is 16.6 Å². The molecule has 5 aromatic rings. The smallest absolute Gasteiger partial charge is 0.197 e. The standard InChI is InChI=1S/C36H28N2O2S/c1-21-9-13-23(14-10-21)38(24-15-11-22(2)12-16-24)31-18-17-28-34-30(36(3,4)35(28)37-31)20-25(41-34)19-29-32(39)26-7-5-6-8-27(26)33(29)40/h5-20H,1-4H3. The maximum atomic E-state index is 13.0. The number of anilines is 3. The van der Waals surface area contributed by atoms with Crippen LogP contribution in [0.4, 0.5) is 17.2 Å². The van der Waals surface area contributed by atoms with Crippen molar-refractivity contribution in [2.75, 3.05) is 4.90 Å². The molecule has 0 saturated carbocycles. The van der Waals surface area contributed by atoms with Crippen molar-refractivity contribution in [1.29, 1.82) is 0 Å². The van der Waals surface area contributed by atoms with Gasteiger partial charge in [-0.15, -0.1) is 11.3 Å². The summed E-state index contributed by atoms with van der Waals surface area (Å²) in [6.45, 7) is 8.58. The van der Waals surface area contributed by atoms with Crippen molar-refractivity contribution in [3.05, 3.63) is 135 Å². The molecule has 2 heterocycles. The first-order valence-electron chi connectivity index (χ1n) is 13.7. The molecule has 5 heteroatoms. The molecule has 0 fully saturated rings. The summed E-state index contributed by atoms with van der Waals surface area (Å²) in [6.07, 6.45) is 1.77. The Morgan fingerprint density at radius 1 is 0.732 bits per heavy atom. The van der Waals surface area contributed by atoms with Gasteiger partial charge >= 0.3 is 0 Å². The first-order chi connectivity index (χ1) is 19.7. The summed E-state index contributed by atoms with van der Waals surface area (Å²) in [4.78, 5) is 35.5. The van der Waals surface area contributed by atoms with Crippen LogP contribution in [0, 0.1) is 13.8 Å². The van der Waals surface area contributed by atoms with Crippen LogP contribution in [0.15, 0.2) is 96.6 Å². The fraction of sp³-hybridized carbons (Fsp3) is 0.139. The second kappa shape index (κ2) is 9.22. The number of nitrogens with zero attached hydrogens (tertiary/aromatic N) is 2. The Morgan fingerprint density at radius 3 is 1.85 bits per heavy atom. The molecule has 4 nitrogen and oxygen atoms in total. The average Bonchev–Trinajstić information content (AvgIpc) is 3.57. The number of fused-ring (bicyclic) bond motifs is 4. The molecule has 0 unspecified atom stereocenters. The van der Waals surface area contributed by atoms with Gasteiger partial charge in [-0.25, -0.2) is 4.98 Å². The number of carbonyl (C=O) groups excluding carboxylic acids is 2. The van der Waals surface area contributed by atoms with Gasteiger partial charge in [0.05, 0.1) is 11.3 Å². The highest BCUT2D eigenvalue weighted by Crippen LogP contribution is 2.53. The maximum absolute atomic E-state index is 13.0. The molecule has 0 saturated heterocycles. The van der Waals surface area contributed by atoms with E-state index in [9.17, 15) is 9.59 Å². The van der Waals surface area contributed by atoms with E-state index in [0.717, 1.165) is 38.2 Å². The van der Waals surface area contributed by atoms with Crippen molar-refractivity contribution in [3.8, 4) is 10.4 Å². The predicted octanol–water partition coefficient (Wildman–Crippen LogP) is 9.00. The number of rotatable bonds is 4. The van der Waals surface area contributed by atoms with Gasteiger partial charge in [0, 0.05) is 43.2 Å². The Labute approximate surface area is 243 Å². The molecular weight excluding hydrogens is 524 g/mol. The molecule has 2 aliphatic rings. The minimum atomic E-state index is -0.340. The number of benzene rings is 3. The monoisotopic (exact) mass is 552 g/mol. The van der Waals surface area contributed by atoms with Crippen molar-refractivity contribution in [2.24, 2.45) is 0 Å². The first-order valence-corrected chi connectivity index (χ1v) is 14.5. The lowest BCUT2D eigenvalue weighted by Gasteiger charge is -2.27. The summed E-state index contributed by atoms with van der Waals surface area (Å²) in [5, 5.41) is 0. The number of ketones is 2. The minimum absolute atomic E-state index is 0.197. The summed E-state index contributed by atoms with van der Waals surface area (Å²) >= 11 is 1.61. The van der Waals surface area contributed by atoms with Crippen LogP contribution in [0.1, 0.15) is 61.8 Å². The largest absolute Gasteiger partial charge is 0.295 e. The summed E-state index contributed by atoms with van der Waals surface area (Å²) in [6, 6.07) is 30.5. The number of allylic oxidation sites excluding steroid dienone is 1. The second-order valence-electron chi connectivity index (χ2n) is 11.4. The Hall–Kier alpha value is -4.61. The third-order valence-electron chi connectivity index (χ3n) is 8.15. The molecular formula is C36H28N2O2S. The van der Waals surface area contributed by atoms with E-state index in [4.69, 9.17) is 4.98 Å². The van der Waals surface area contributed by atoms with Crippen molar-refractivity contribution in [1.82, 2.24) is 4.98 Å². The fourth-order valence-electron chi connectivity index (χ4n) is 5.85. The zero-order valence-electron chi connectivity index (χ0n) is 23.4. The number of carbonyl (C=O) groups is 2. The lowest BCUT2D eigenvalue weighted by atomic mass is 9.86. The number of aryl methyl sites for hydroxylation is 2. The third-order valence-corrected chi connectivity index (χ3v) is 9.26. The quantitative estimate of drug-likeness (QED) is 0.165. The zero-order chi connectivity index (χ0) is 28.5. The van der Waals surface area contributed by atoms with Gasteiger partial charge < -0.3 is 0 Å². The lowest BCUT2D eigenvalue weighted by molar-refractivity contribution is 0.0990. The molecule has 3 aromatic carbocycles. The topological polar surface area (TPSA) is 50.3 Å². The van der Waals surface area contributed by atoms with E-state index in [1.165, 1.54) is 16.7 Å². The van der Waals surface area contributed by atoms with Gasteiger partial charge in [-0.05, 0) is 68.0 Å². The number of aromatic nitrogens is 1. The molecule has 2 aromatic heterocycles. The van der Waals surface area contributed by atoms with Gasteiger partial charge in [0.15, 0.2) is 11.6 Å². The van der Waals surface area contributed by atoms with Gasteiger partial charge in [0.2, 0.25) is 0 Å². The molecule has 2 aliphatic carbocycles. The molecule has 0 atom stereocenters. The molecule has 0 bridgehead atoms. The van der Waals surface area contributed by atoms with Gasteiger partial charge in [0.1, 0.15) is 5.82 Å². The zero-order valence-corrected chi connectivity index (χ0v) is 24.2. The van der Waals surface area contributed by atoms with E-state index in [0.29, 0.717) is 11.1 Å². The Balaban J connectivity index is 1.30. The van der Waals surface area contributed by atoms with Gasteiger partial charge in [-0.3, -0.25) is 14.5 Å². The fourth-order valence-corrected chi connectivity index (χ4v) is 7.14. The van der Waals surface area contributed by atoms with E-state index in [2.05, 4.69) is 99.3 Å². The summed E-state index contributed by atoms with van der Waals surface area (Å²) in [5.41, 5.74) is 8.70. The molecule has 0 aliphatic heterocycles. The molecule has 0 spiro atoms. The lowest BCUT2D eigenvalue weighted by Crippen LogP contribution is -2.19. The van der Waals surface area contributed by atoms with Crippen LogP contribution in [-0.2, 0) is 5.41 Å².